The number of rotatable bonds is 5. The topological polar surface area (TPSA) is 66.9 Å². The average Bonchev–Trinajstić information content (AvgIpc) is 2.51. The minimum atomic E-state index is -3.82. The van der Waals surface area contributed by atoms with Crippen molar-refractivity contribution in [1.82, 2.24) is 9.21 Å². The van der Waals surface area contributed by atoms with E-state index in [9.17, 15) is 13.2 Å². The molecular weight excluding hydrogens is 352 g/mol. The molecule has 134 valence electrons. The number of ether oxygens (including phenoxy) is 1. The molecule has 1 aromatic rings. The molecule has 0 bridgehead atoms. The van der Waals surface area contributed by atoms with Gasteiger partial charge in [0.2, 0.25) is 15.9 Å². The Hall–Kier alpha value is -1.31. The Bertz CT molecular complexity index is 721. The van der Waals surface area contributed by atoms with Crippen LogP contribution in [0.25, 0.3) is 0 Å². The lowest BCUT2D eigenvalue weighted by Crippen LogP contribution is -2.59. The molecule has 1 aliphatic heterocycles. The summed E-state index contributed by atoms with van der Waals surface area (Å²) in [6.45, 7) is 6.50. The van der Waals surface area contributed by atoms with Gasteiger partial charge in [0.1, 0.15) is 11.8 Å². The lowest BCUT2D eigenvalue weighted by molar-refractivity contribution is -0.138. The van der Waals surface area contributed by atoms with Gasteiger partial charge in [-0.3, -0.25) is 4.79 Å². The van der Waals surface area contributed by atoms with Crippen LogP contribution in [0.4, 0.5) is 0 Å². The van der Waals surface area contributed by atoms with Crippen LogP contribution in [0.1, 0.15) is 20.8 Å². The molecule has 0 radical (unpaired) electrons. The summed E-state index contributed by atoms with van der Waals surface area (Å²) in [5.41, 5.74) is 0. The largest absolute Gasteiger partial charge is 0.492 e. The first kappa shape index (κ1) is 19.0. The first-order chi connectivity index (χ1) is 11.2. The molecular formula is C16H23ClN2O4S. The van der Waals surface area contributed by atoms with Gasteiger partial charge in [-0.1, -0.05) is 25.4 Å². The Balaban J connectivity index is 2.45. The van der Waals surface area contributed by atoms with Crippen molar-refractivity contribution in [2.75, 3.05) is 26.7 Å². The molecule has 8 heteroatoms. The second-order valence-corrected chi connectivity index (χ2v) is 8.39. The van der Waals surface area contributed by atoms with Crippen LogP contribution in [-0.4, -0.2) is 56.3 Å². The lowest BCUT2D eigenvalue weighted by Gasteiger charge is -2.40. The minimum Gasteiger partial charge on any atom is -0.492 e. The van der Waals surface area contributed by atoms with E-state index in [1.54, 1.807) is 18.9 Å². The number of carbonyl (C=O) groups excluding carboxylic acids is 1. The predicted octanol–water partition coefficient (Wildman–Crippen LogP) is 2.23. The number of likely N-dealkylation sites (N-methyl/N-ethyl adjacent to an activating group) is 1. The molecule has 1 aliphatic rings. The molecule has 2 rings (SSSR count). The summed E-state index contributed by atoms with van der Waals surface area (Å²) >= 11 is 6.04. The van der Waals surface area contributed by atoms with Gasteiger partial charge in [0.15, 0.2) is 0 Å². The minimum absolute atomic E-state index is 0.0818. The van der Waals surface area contributed by atoms with E-state index in [-0.39, 0.29) is 23.3 Å². The molecule has 0 aliphatic carbocycles. The highest BCUT2D eigenvalue weighted by atomic mass is 35.5. The van der Waals surface area contributed by atoms with Gasteiger partial charge in [-0.25, -0.2) is 8.42 Å². The van der Waals surface area contributed by atoms with Crippen LogP contribution in [-0.2, 0) is 14.8 Å². The molecule has 1 fully saturated rings. The van der Waals surface area contributed by atoms with Gasteiger partial charge in [0, 0.05) is 26.2 Å². The van der Waals surface area contributed by atoms with Crippen molar-refractivity contribution < 1.29 is 17.9 Å². The Morgan fingerprint density at radius 1 is 1.33 bits per heavy atom. The maximum atomic E-state index is 13.1. The smallest absolute Gasteiger partial charge is 0.244 e. The molecule has 1 amide bonds. The van der Waals surface area contributed by atoms with E-state index in [0.29, 0.717) is 23.9 Å². The standard InChI is InChI=1S/C16H23ClN2O4S/c1-5-23-14-10-12(6-7-13(14)17)24(21,22)19-9-8-18(4)16(20)15(19)11(2)3/h6-7,10-11,15H,5,8-9H2,1-4H3. The molecule has 0 aromatic heterocycles. The van der Waals surface area contributed by atoms with E-state index in [0.717, 1.165) is 0 Å². The third-order valence-corrected chi connectivity index (χ3v) is 6.22. The van der Waals surface area contributed by atoms with E-state index in [2.05, 4.69) is 0 Å². The second kappa shape index (κ2) is 7.29. The van der Waals surface area contributed by atoms with Gasteiger partial charge in [-0.15, -0.1) is 0 Å². The zero-order chi connectivity index (χ0) is 18.1. The highest BCUT2D eigenvalue weighted by Crippen LogP contribution is 2.31. The zero-order valence-electron chi connectivity index (χ0n) is 14.3. The molecule has 6 nitrogen and oxygen atoms in total. The first-order valence-electron chi connectivity index (χ1n) is 7.89. The van der Waals surface area contributed by atoms with Crippen molar-refractivity contribution in [2.45, 2.75) is 31.7 Å². The molecule has 1 aromatic carbocycles. The molecule has 0 N–H and O–H groups in total. The van der Waals surface area contributed by atoms with E-state index in [4.69, 9.17) is 16.3 Å². The summed E-state index contributed by atoms with van der Waals surface area (Å²) in [7, 11) is -2.13. The van der Waals surface area contributed by atoms with Crippen LogP contribution < -0.4 is 4.74 Å². The van der Waals surface area contributed by atoms with E-state index < -0.39 is 16.1 Å². The SMILES string of the molecule is CCOc1cc(S(=O)(=O)N2CCN(C)C(=O)C2C(C)C)ccc1Cl. The van der Waals surface area contributed by atoms with Crippen LogP contribution >= 0.6 is 11.6 Å². The van der Waals surface area contributed by atoms with E-state index in [1.807, 2.05) is 13.8 Å². The third kappa shape index (κ3) is 3.53. The molecule has 1 unspecified atom stereocenters. The monoisotopic (exact) mass is 374 g/mol. The van der Waals surface area contributed by atoms with Crippen molar-refractivity contribution >= 4 is 27.5 Å². The summed E-state index contributed by atoms with van der Waals surface area (Å²) in [6, 6.07) is 3.66. The molecule has 24 heavy (non-hydrogen) atoms. The van der Waals surface area contributed by atoms with Crippen LogP contribution in [0.2, 0.25) is 5.02 Å². The quantitative estimate of drug-likeness (QED) is 0.792. The molecule has 1 atom stereocenters. The number of amides is 1. The van der Waals surface area contributed by atoms with Crippen LogP contribution in [0.3, 0.4) is 0 Å². The predicted molar refractivity (Wildman–Crippen MR) is 92.8 cm³/mol. The maximum absolute atomic E-state index is 13.1. The Labute approximate surface area is 148 Å². The van der Waals surface area contributed by atoms with Gasteiger partial charge in [0.05, 0.1) is 16.5 Å². The van der Waals surface area contributed by atoms with Gasteiger partial charge < -0.3 is 9.64 Å². The summed E-state index contributed by atoms with van der Waals surface area (Å²) in [6.07, 6.45) is 0. The number of benzene rings is 1. The lowest BCUT2D eigenvalue weighted by atomic mass is 10.0. The van der Waals surface area contributed by atoms with Crippen molar-refractivity contribution in [2.24, 2.45) is 5.92 Å². The van der Waals surface area contributed by atoms with Gasteiger partial charge >= 0.3 is 0 Å². The second-order valence-electron chi connectivity index (χ2n) is 6.09. The molecule has 0 saturated carbocycles. The fourth-order valence-electron chi connectivity index (χ4n) is 2.78. The first-order valence-corrected chi connectivity index (χ1v) is 9.71. The van der Waals surface area contributed by atoms with Crippen molar-refractivity contribution in [3.63, 3.8) is 0 Å². The van der Waals surface area contributed by atoms with Crippen molar-refractivity contribution in [1.29, 1.82) is 0 Å². The normalized spacial score (nSPS) is 19.8. The highest BCUT2D eigenvalue weighted by molar-refractivity contribution is 7.89. The summed E-state index contributed by atoms with van der Waals surface area (Å²) in [4.78, 5) is 14.1. The third-order valence-electron chi connectivity index (χ3n) is 4.04. The van der Waals surface area contributed by atoms with Gasteiger partial charge in [-0.05, 0) is 25.0 Å². The Morgan fingerprint density at radius 3 is 2.58 bits per heavy atom. The number of carbonyl (C=O) groups is 1. The molecule has 0 spiro atoms. The van der Waals surface area contributed by atoms with Crippen molar-refractivity contribution in [3.05, 3.63) is 23.2 Å². The Morgan fingerprint density at radius 2 is 2.00 bits per heavy atom. The van der Waals surface area contributed by atoms with Crippen molar-refractivity contribution in [3.8, 4) is 5.75 Å². The number of piperazine rings is 1. The summed E-state index contributed by atoms with van der Waals surface area (Å²) in [5, 5.41) is 0.352. The highest BCUT2D eigenvalue weighted by Gasteiger charge is 2.42. The summed E-state index contributed by atoms with van der Waals surface area (Å²) in [5.74, 6) is 0.00861. The van der Waals surface area contributed by atoms with Gasteiger partial charge in [-0.2, -0.15) is 4.31 Å². The maximum Gasteiger partial charge on any atom is 0.244 e. The number of hydrogen-bond donors (Lipinski definition) is 0. The summed E-state index contributed by atoms with van der Waals surface area (Å²) < 4.78 is 32.8. The van der Waals surface area contributed by atoms with E-state index in [1.165, 1.54) is 22.5 Å². The van der Waals surface area contributed by atoms with Crippen LogP contribution in [0.15, 0.2) is 23.1 Å². The molecule has 1 saturated heterocycles. The number of halogens is 1. The average molecular weight is 375 g/mol. The fraction of sp³-hybridized carbons (Fsp3) is 0.562. The van der Waals surface area contributed by atoms with E-state index >= 15 is 0 Å². The molecule has 1 heterocycles. The fourth-order valence-corrected chi connectivity index (χ4v) is 4.67. The zero-order valence-corrected chi connectivity index (χ0v) is 15.9. The van der Waals surface area contributed by atoms with Crippen LogP contribution in [0, 0.1) is 5.92 Å². The number of sulfonamides is 1. The number of hydrogen-bond acceptors (Lipinski definition) is 4. The number of nitrogens with zero attached hydrogens (tertiary/aromatic N) is 2. The van der Waals surface area contributed by atoms with Gasteiger partial charge in [0.25, 0.3) is 0 Å². The Kier molecular flexibility index (Phi) is 5.78. The van der Waals surface area contributed by atoms with Crippen LogP contribution in [0.5, 0.6) is 5.75 Å².